The molecule has 0 heterocycles. The summed E-state index contributed by atoms with van der Waals surface area (Å²) in [5.41, 5.74) is 5.48. The van der Waals surface area contributed by atoms with E-state index in [0.717, 1.165) is 0 Å². The van der Waals surface area contributed by atoms with Gasteiger partial charge in [-0.25, -0.2) is 0 Å². The molecular weight excluding hydrogens is 212 g/mol. The largest absolute Gasteiger partial charge is 0.480 e. The van der Waals surface area contributed by atoms with Gasteiger partial charge in [0.15, 0.2) is 0 Å². The second kappa shape index (κ2) is 8.46. The quantitative estimate of drug-likeness (QED) is 0.553. The third kappa shape index (κ3) is 4.89. The molecular formula is C10H22N2O4. The van der Waals surface area contributed by atoms with Gasteiger partial charge in [-0.05, 0) is 6.92 Å². The number of aliphatic carboxylic acids is 1. The van der Waals surface area contributed by atoms with E-state index in [1.54, 1.807) is 19.1 Å². The maximum Gasteiger partial charge on any atom is 0.322 e. The second-order valence-corrected chi connectivity index (χ2v) is 3.62. The summed E-state index contributed by atoms with van der Waals surface area (Å²) in [6.45, 7) is 3.44. The Hall–Kier alpha value is -0.690. The SMILES string of the molecule is COCCN(C(C)COC)C(CN)C(=O)O. The smallest absolute Gasteiger partial charge is 0.322 e. The van der Waals surface area contributed by atoms with Crippen molar-refractivity contribution in [2.24, 2.45) is 5.73 Å². The average Bonchev–Trinajstić information content (AvgIpc) is 2.23. The molecule has 6 heteroatoms. The number of carbonyl (C=O) groups is 1. The van der Waals surface area contributed by atoms with Crippen molar-refractivity contribution in [1.29, 1.82) is 0 Å². The van der Waals surface area contributed by atoms with Gasteiger partial charge in [-0.15, -0.1) is 0 Å². The first-order valence-electron chi connectivity index (χ1n) is 5.24. The summed E-state index contributed by atoms with van der Waals surface area (Å²) in [5, 5.41) is 9.06. The Morgan fingerprint density at radius 1 is 1.44 bits per heavy atom. The zero-order valence-electron chi connectivity index (χ0n) is 10.2. The van der Waals surface area contributed by atoms with Gasteiger partial charge >= 0.3 is 5.97 Å². The van der Waals surface area contributed by atoms with Crippen molar-refractivity contribution in [3.05, 3.63) is 0 Å². The van der Waals surface area contributed by atoms with E-state index in [9.17, 15) is 4.79 Å². The van der Waals surface area contributed by atoms with Crippen molar-refractivity contribution in [3.63, 3.8) is 0 Å². The molecule has 0 fully saturated rings. The molecule has 2 atom stereocenters. The summed E-state index contributed by atoms with van der Waals surface area (Å²) in [5.74, 6) is -0.915. The van der Waals surface area contributed by atoms with E-state index >= 15 is 0 Å². The van der Waals surface area contributed by atoms with Crippen LogP contribution in [0.2, 0.25) is 0 Å². The molecule has 0 aliphatic rings. The van der Waals surface area contributed by atoms with E-state index in [1.807, 2.05) is 6.92 Å². The van der Waals surface area contributed by atoms with E-state index in [1.165, 1.54) is 0 Å². The molecule has 3 N–H and O–H groups in total. The van der Waals surface area contributed by atoms with Crippen LogP contribution in [0.5, 0.6) is 0 Å². The van der Waals surface area contributed by atoms with E-state index in [4.69, 9.17) is 20.3 Å². The number of rotatable bonds is 9. The minimum absolute atomic E-state index is 0.00944. The first-order valence-corrected chi connectivity index (χ1v) is 5.24. The fourth-order valence-electron chi connectivity index (χ4n) is 1.60. The first kappa shape index (κ1) is 15.3. The normalized spacial score (nSPS) is 15.1. The van der Waals surface area contributed by atoms with Gasteiger partial charge in [0.25, 0.3) is 0 Å². The molecule has 0 aliphatic heterocycles. The van der Waals surface area contributed by atoms with Crippen LogP contribution in [0.25, 0.3) is 0 Å². The molecule has 0 rings (SSSR count). The molecule has 0 bridgehead atoms. The molecule has 6 nitrogen and oxygen atoms in total. The Balaban J connectivity index is 4.54. The average molecular weight is 234 g/mol. The zero-order valence-corrected chi connectivity index (χ0v) is 10.2. The summed E-state index contributed by atoms with van der Waals surface area (Å²) < 4.78 is 9.98. The molecule has 0 aromatic rings. The topological polar surface area (TPSA) is 85.0 Å². The lowest BCUT2D eigenvalue weighted by Gasteiger charge is -2.32. The molecule has 2 unspecified atom stereocenters. The van der Waals surface area contributed by atoms with Gasteiger partial charge in [0.05, 0.1) is 13.2 Å². The van der Waals surface area contributed by atoms with E-state index < -0.39 is 12.0 Å². The maximum atomic E-state index is 11.0. The van der Waals surface area contributed by atoms with Crippen molar-refractivity contribution < 1.29 is 19.4 Å². The van der Waals surface area contributed by atoms with Crippen LogP contribution in [0, 0.1) is 0 Å². The van der Waals surface area contributed by atoms with Gasteiger partial charge in [0.1, 0.15) is 6.04 Å². The Morgan fingerprint density at radius 2 is 2.06 bits per heavy atom. The third-order valence-corrected chi connectivity index (χ3v) is 2.44. The van der Waals surface area contributed by atoms with Crippen LogP contribution < -0.4 is 5.73 Å². The van der Waals surface area contributed by atoms with Gasteiger partial charge in [-0.3, -0.25) is 9.69 Å². The minimum atomic E-state index is -0.915. The monoisotopic (exact) mass is 234 g/mol. The molecule has 0 radical (unpaired) electrons. The van der Waals surface area contributed by atoms with Gasteiger partial charge in [-0.1, -0.05) is 0 Å². The summed E-state index contributed by atoms with van der Waals surface area (Å²) in [6, 6.07) is -0.704. The molecule has 0 amide bonds. The Bertz CT molecular complexity index is 201. The van der Waals surface area contributed by atoms with Crippen LogP contribution in [-0.4, -0.2) is 68.6 Å². The molecule has 0 saturated heterocycles. The fourth-order valence-corrected chi connectivity index (χ4v) is 1.60. The highest BCUT2D eigenvalue weighted by molar-refractivity contribution is 5.73. The van der Waals surface area contributed by atoms with Crippen molar-refractivity contribution in [2.45, 2.75) is 19.0 Å². The van der Waals surface area contributed by atoms with Gasteiger partial charge in [0.2, 0.25) is 0 Å². The van der Waals surface area contributed by atoms with Gasteiger partial charge in [0, 0.05) is 33.4 Å². The predicted molar refractivity (Wildman–Crippen MR) is 60.4 cm³/mol. The van der Waals surface area contributed by atoms with Crippen LogP contribution in [0.1, 0.15) is 6.92 Å². The summed E-state index contributed by atoms with van der Waals surface area (Å²) in [4.78, 5) is 12.8. The molecule has 96 valence electrons. The van der Waals surface area contributed by atoms with Crippen LogP contribution in [0.4, 0.5) is 0 Å². The number of methoxy groups -OCH3 is 2. The number of ether oxygens (including phenoxy) is 2. The number of carboxylic acids is 1. The van der Waals surface area contributed by atoms with E-state index in [2.05, 4.69) is 0 Å². The van der Waals surface area contributed by atoms with Crippen molar-refractivity contribution >= 4 is 5.97 Å². The molecule has 16 heavy (non-hydrogen) atoms. The highest BCUT2D eigenvalue weighted by atomic mass is 16.5. The fraction of sp³-hybridized carbons (Fsp3) is 0.900. The highest BCUT2D eigenvalue weighted by Crippen LogP contribution is 2.06. The number of carboxylic acid groups (broad SMARTS) is 1. The summed E-state index contributed by atoms with van der Waals surface area (Å²) >= 11 is 0. The van der Waals surface area contributed by atoms with Gasteiger partial charge in [-0.2, -0.15) is 0 Å². The predicted octanol–water partition coefficient (Wildman–Crippen LogP) is -0.618. The Kier molecular flexibility index (Phi) is 8.10. The van der Waals surface area contributed by atoms with Crippen molar-refractivity contribution in [1.82, 2.24) is 4.90 Å². The number of hydrogen-bond donors (Lipinski definition) is 2. The minimum Gasteiger partial charge on any atom is -0.480 e. The van der Waals surface area contributed by atoms with Crippen LogP contribution >= 0.6 is 0 Å². The van der Waals surface area contributed by atoms with E-state index in [-0.39, 0.29) is 12.6 Å². The molecule has 0 spiro atoms. The van der Waals surface area contributed by atoms with Crippen molar-refractivity contribution in [2.75, 3.05) is 40.5 Å². The van der Waals surface area contributed by atoms with Crippen LogP contribution in [0.3, 0.4) is 0 Å². The lowest BCUT2D eigenvalue weighted by Crippen LogP contribution is -2.52. The number of nitrogens with two attached hydrogens (primary N) is 1. The van der Waals surface area contributed by atoms with Gasteiger partial charge < -0.3 is 20.3 Å². The zero-order chi connectivity index (χ0) is 12.6. The molecule has 0 aromatic heterocycles. The summed E-state index contributed by atoms with van der Waals surface area (Å²) in [7, 11) is 3.17. The highest BCUT2D eigenvalue weighted by Gasteiger charge is 2.27. The number of nitrogens with zero attached hydrogens (tertiary/aromatic N) is 1. The Morgan fingerprint density at radius 3 is 2.44 bits per heavy atom. The van der Waals surface area contributed by atoms with Crippen LogP contribution in [-0.2, 0) is 14.3 Å². The maximum absolute atomic E-state index is 11.0. The first-order chi connectivity index (χ1) is 7.58. The summed E-state index contributed by atoms with van der Waals surface area (Å²) in [6.07, 6.45) is 0. The van der Waals surface area contributed by atoms with E-state index in [0.29, 0.717) is 19.8 Å². The molecule has 0 aromatic carbocycles. The third-order valence-electron chi connectivity index (χ3n) is 2.44. The number of hydrogen-bond acceptors (Lipinski definition) is 5. The lowest BCUT2D eigenvalue weighted by atomic mass is 10.2. The van der Waals surface area contributed by atoms with Crippen LogP contribution in [0.15, 0.2) is 0 Å². The molecule has 0 saturated carbocycles. The van der Waals surface area contributed by atoms with Crippen molar-refractivity contribution in [3.8, 4) is 0 Å². The standard InChI is InChI=1S/C10H22N2O4/c1-8(7-16-3)12(4-5-15-2)9(6-11)10(13)14/h8-9H,4-7,11H2,1-3H3,(H,13,14). The lowest BCUT2D eigenvalue weighted by molar-refractivity contribution is -0.144. The second-order valence-electron chi connectivity index (χ2n) is 3.62. The Labute approximate surface area is 96.3 Å². The molecule has 0 aliphatic carbocycles.